The second-order valence-corrected chi connectivity index (χ2v) is 7.02. The molecular formula is C23H21N3O3. The van der Waals surface area contributed by atoms with Crippen molar-refractivity contribution in [3.63, 3.8) is 0 Å². The van der Waals surface area contributed by atoms with Crippen LogP contribution in [0.4, 0.5) is 5.69 Å². The molecule has 3 aromatic rings. The van der Waals surface area contributed by atoms with Crippen LogP contribution in [0.2, 0.25) is 0 Å². The van der Waals surface area contributed by atoms with Gasteiger partial charge in [-0.2, -0.15) is 0 Å². The molecule has 29 heavy (non-hydrogen) atoms. The van der Waals surface area contributed by atoms with E-state index in [1.54, 1.807) is 36.7 Å². The number of aromatic nitrogens is 1. The first kappa shape index (κ1) is 18.7. The van der Waals surface area contributed by atoms with Crippen molar-refractivity contribution in [3.05, 3.63) is 84.7 Å². The third-order valence-electron chi connectivity index (χ3n) is 4.89. The lowest BCUT2D eigenvalue weighted by atomic mass is 10.0. The summed E-state index contributed by atoms with van der Waals surface area (Å²) < 4.78 is 5.75. The molecule has 6 heteroatoms. The van der Waals surface area contributed by atoms with Gasteiger partial charge in [-0.15, -0.1) is 0 Å². The number of para-hydroxylation sites is 1. The van der Waals surface area contributed by atoms with Crippen LogP contribution in [0.15, 0.2) is 79.1 Å². The van der Waals surface area contributed by atoms with Crippen LogP contribution in [0.1, 0.15) is 18.4 Å². The molecule has 1 saturated carbocycles. The zero-order valence-electron chi connectivity index (χ0n) is 15.8. The van der Waals surface area contributed by atoms with Crippen LogP contribution in [-0.4, -0.2) is 16.8 Å². The molecule has 0 unspecified atom stereocenters. The highest BCUT2D eigenvalue weighted by molar-refractivity contribution is 6.13. The summed E-state index contributed by atoms with van der Waals surface area (Å²) in [5.74, 6) is 0.886. The van der Waals surface area contributed by atoms with Crippen molar-refractivity contribution in [3.8, 4) is 11.5 Å². The molecule has 1 heterocycles. The van der Waals surface area contributed by atoms with Crippen LogP contribution < -0.4 is 15.4 Å². The number of nitrogens with zero attached hydrogens (tertiary/aromatic N) is 1. The second kappa shape index (κ2) is 8.14. The zero-order valence-corrected chi connectivity index (χ0v) is 15.8. The van der Waals surface area contributed by atoms with E-state index in [1.165, 1.54) is 0 Å². The third kappa shape index (κ3) is 4.43. The SMILES string of the molecule is O=C(NCc1cccnc1)C1(C(=O)Nc2ccc(Oc3ccccc3)cc2)CC1. The van der Waals surface area contributed by atoms with Gasteiger partial charge in [-0.25, -0.2) is 0 Å². The molecule has 2 aromatic carbocycles. The predicted octanol–water partition coefficient (Wildman–Crippen LogP) is 3.91. The lowest BCUT2D eigenvalue weighted by molar-refractivity contribution is -0.134. The Labute approximate surface area is 168 Å². The fraction of sp³-hybridized carbons (Fsp3) is 0.174. The molecular weight excluding hydrogens is 366 g/mol. The Balaban J connectivity index is 1.34. The Hall–Kier alpha value is -3.67. The summed E-state index contributed by atoms with van der Waals surface area (Å²) in [5.41, 5.74) is 0.536. The van der Waals surface area contributed by atoms with E-state index in [2.05, 4.69) is 15.6 Å². The monoisotopic (exact) mass is 387 g/mol. The number of hydrogen-bond acceptors (Lipinski definition) is 4. The van der Waals surface area contributed by atoms with E-state index >= 15 is 0 Å². The van der Waals surface area contributed by atoms with Gasteiger partial charge in [0.15, 0.2) is 0 Å². The normalized spacial score (nSPS) is 13.9. The Morgan fingerprint density at radius 1 is 0.897 bits per heavy atom. The Bertz CT molecular complexity index is 985. The Morgan fingerprint density at radius 3 is 2.28 bits per heavy atom. The van der Waals surface area contributed by atoms with Gasteiger partial charge in [-0.1, -0.05) is 24.3 Å². The van der Waals surface area contributed by atoms with Gasteiger partial charge >= 0.3 is 0 Å². The van der Waals surface area contributed by atoms with E-state index in [1.807, 2.05) is 42.5 Å². The van der Waals surface area contributed by atoms with Crippen LogP contribution in [0.25, 0.3) is 0 Å². The molecule has 1 aliphatic rings. The number of benzene rings is 2. The first-order valence-corrected chi connectivity index (χ1v) is 9.47. The van der Waals surface area contributed by atoms with Crippen molar-refractivity contribution in [1.29, 1.82) is 0 Å². The molecule has 0 atom stereocenters. The summed E-state index contributed by atoms with van der Waals surface area (Å²) in [5, 5.41) is 5.69. The minimum Gasteiger partial charge on any atom is -0.457 e. The first-order valence-electron chi connectivity index (χ1n) is 9.47. The standard InChI is InChI=1S/C23H21N3O3/c27-21(25-16-17-5-4-14-24-15-17)23(12-13-23)22(28)26-18-8-10-20(11-9-18)29-19-6-2-1-3-7-19/h1-11,14-15H,12-13,16H2,(H,25,27)(H,26,28). The minimum absolute atomic E-state index is 0.247. The van der Waals surface area contributed by atoms with Crippen molar-refractivity contribution in [2.24, 2.45) is 5.41 Å². The maximum Gasteiger partial charge on any atom is 0.240 e. The first-order chi connectivity index (χ1) is 14.2. The lowest BCUT2D eigenvalue weighted by Gasteiger charge is -2.15. The largest absolute Gasteiger partial charge is 0.457 e. The molecule has 6 nitrogen and oxygen atoms in total. The number of anilines is 1. The van der Waals surface area contributed by atoms with Crippen LogP contribution in [-0.2, 0) is 16.1 Å². The fourth-order valence-electron chi connectivity index (χ4n) is 3.02. The average Bonchev–Trinajstić information content (AvgIpc) is 3.57. The molecule has 0 aliphatic heterocycles. The van der Waals surface area contributed by atoms with Crippen LogP contribution in [0.5, 0.6) is 11.5 Å². The molecule has 0 bridgehead atoms. The van der Waals surface area contributed by atoms with Crippen molar-refractivity contribution in [2.45, 2.75) is 19.4 Å². The Morgan fingerprint density at radius 2 is 1.62 bits per heavy atom. The highest BCUT2D eigenvalue weighted by atomic mass is 16.5. The molecule has 4 rings (SSSR count). The molecule has 1 fully saturated rings. The topological polar surface area (TPSA) is 80.3 Å². The second-order valence-electron chi connectivity index (χ2n) is 7.02. The van der Waals surface area contributed by atoms with Gasteiger partial charge in [-0.3, -0.25) is 14.6 Å². The summed E-state index contributed by atoms with van der Waals surface area (Å²) >= 11 is 0. The molecule has 1 aromatic heterocycles. The fourth-order valence-corrected chi connectivity index (χ4v) is 3.02. The predicted molar refractivity (Wildman–Crippen MR) is 109 cm³/mol. The van der Waals surface area contributed by atoms with Crippen LogP contribution >= 0.6 is 0 Å². The van der Waals surface area contributed by atoms with E-state index in [4.69, 9.17) is 4.74 Å². The van der Waals surface area contributed by atoms with Crippen molar-refractivity contribution < 1.29 is 14.3 Å². The summed E-state index contributed by atoms with van der Waals surface area (Å²) in [7, 11) is 0. The smallest absolute Gasteiger partial charge is 0.240 e. The van der Waals surface area contributed by atoms with E-state index in [0.717, 1.165) is 11.3 Å². The van der Waals surface area contributed by atoms with Crippen LogP contribution in [0.3, 0.4) is 0 Å². The van der Waals surface area contributed by atoms with Gasteiger partial charge in [0.1, 0.15) is 16.9 Å². The molecule has 0 spiro atoms. The summed E-state index contributed by atoms with van der Waals surface area (Å²) in [6.07, 6.45) is 4.47. The van der Waals surface area contributed by atoms with Crippen molar-refractivity contribution >= 4 is 17.5 Å². The quantitative estimate of drug-likeness (QED) is 0.603. The van der Waals surface area contributed by atoms with Crippen molar-refractivity contribution in [1.82, 2.24) is 10.3 Å². The summed E-state index contributed by atoms with van der Waals surface area (Å²) in [6, 6.07) is 20.3. The van der Waals surface area contributed by atoms with Gasteiger partial charge in [0.05, 0.1) is 0 Å². The summed E-state index contributed by atoms with van der Waals surface area (Å²) in [6.45, 7) is 0.354. The van der Waals surface area contributed by atoms with Gasteiger partial charge in [0, 0.05) is 24.6 Å². The van der Waals surface area contributed by atoms with E-state index in [-0.39, 0.29) is 11.8 Å². The minimum atomic E-state index is -0.985. The maximum atomic E-state index is 12.7. The molecule has 1 aliphatic carbocycles. The van der Waals surface area contributed by atoms with Gasteiger partial charge in [-0.05, 0) is 60.9 Å². The number of pyridine rings is 1. The number of rotatable bonds is 7. The van der Waals surface area contributed by atoms with Gasteiger partial charge < -0.3 is 15.4 Å². The highest BCUT2D eigenvalue weighted by Crippen LogP contribution is 2.47. The van der Waals surface area contributed by atoms with Gasteiger partial charge in [0.2, 0.25) is 11.8 Å². The van der Waals surface area contributed by atoms with Crippen LogP contribution in [0, 0.1) is 5.41 Å². The number of hydrogen-bond donors (Lipinski definition) is 2. The molecule has 2 N–H and O–H groups in total. The summed E-state index contributed by atoms with van der Waals surface area (Å²) in [4.78, 5) is 29.3. The maximum absolute atomic E-state index is 12.7. The van der Waals surface area contributed by atoms with E-state index < -0.39 is 5.41 Å². The number of amides is 2. The van der Waals surface area contributed by atoms with E-state index in [9.17, 15) is 9.59 Å². The third-order valence-corrected chi connectivity index (χ3v) is 4.89. The highest BCUT2D eigenvalue weighted by Gasteiger charge is 2.56. The number of nitrogens with one attached hydrogen (secondary N) is 2. The zero-order chi connectivity index (χ0) is 20.1. The molecule has 2 amide bonds. The number of carbonyl (C=O) groups excluding carboxylic acids is 2. The molecule has 0 saturated heterocycles. The molecule has 0 radical (unpaired) electrons. The lowest BCUT2D eigenvalue weighted by Crippen LogP contribution is -2.39. The number of ether oxygens (including phenoxy) is 1. The number of carbonyl (C=O) groups is 2. The van der Waals surface area contributed by atoms with Gasteiger partial charge in [0.25, 0.3) is 0 Å². The average molecular weight is 387 g/mol. The Kier molecular flexibility index (Phi) is 5.24. The molecule has 146 valence electrons. The van der Waals surface area contributed by atoms with Crippen molar-refractivity contribution in [2.75, 3.05) is 5.32 Å². The van der Waals surface area contributed by atoms with E-state index in [0.29, 0.717) is 30.8 Å².